The molecule has 29 heavy (non-hydrogen) atoms. The molecule has 0 unspecified atom stereocenters. The number of aromatic nitrogens is 3. The molecule has 0 saturated heterocycles. The van der Waals surface area contributed by atoms with Crippen molar-refractivity contribution in [2.24, 2.45) is 7.05 Å². The molecule has 0 amide bonds. The van der Waals surface area contributed by atoms with E-state index in [1.54, 1.807) is 0 Å². The van der Waals surface area contributed by atoms with Crippen molar-refractivity contribution in [1.82, 2.24) is 9.78 Å². The molecule has 0 spiro atoms. The number of fused-ring (bicyclic) bond motifs is 3. The number of aryl methyl sites for hydroxylation is 4. The van der Waals surface area contributed by atoms with Gasteiger partial charge in [-0.3, -0.25) is 0 Å². The predicted octanol–water partition coefficient (Wildman–Crippen LogP) is 5.50. The van der Waals surface area contributed by atoms with Gasteiger partial charge in [0.25, 0.3) is 11.6 Å². The lowest BCUT2D eigenvalue weighted by Gasteiger charge is -2.09. The second kappa shape index (κ2) is 6.31. The van der Waals surface area contributed by atoms with Gasteiger partial charge in [0.15, 0.2) is 0 Å². The molecule has 2 aromatic heterocycles. The highest BCUT2D eigenvalue weighted by Gasteiger charge is 2.30. The molecule has 2 heterocycles. The van der Waals surface area contributed by atoms with E-state index in [-0.39, 0.29) is 0 Å². The van der Waals surface area contributed by atoms with Crippen LogP contribution < -0.4 is 4.57 Å². The molecule has 4 heteroatoms. The average Bonchev–Trinajstić information content (AvgIpc) is 3.20. The van der Waals surface area contributed by atoms with Gasteiger partial charge in [-0.25, -0.2) is 4.57 Å². The Kier molecular flexibility index (Phi) is 3.85. The minimum atomic E-state index is 0.909. The summed E-state index contributed by atoms with van der Waals surface area (Å²) in [5, 5.41) is 7.19. The van der Waals surface area contributed by atoms with Crippen LogP contribution in [0.4, 0.5) is 0 Å². The number of rotatable bonds is 2. The van der Waals surface area contributed by atoms with Crippen molar-refractivity contribution in [3.05, 3.63) is 77.1 Å². The van der Waals surface area contributed by atoms with Crippen molar-refractivity contribution in [2.45, 2.75) is 27.7 Å². The smallest absolute Gasteiger partial charge is 0.277 e. The first kappa shape index (κ1) is 17.7. The van der Waals surface area contributed by atoms with E-state index in [2.05, 4.69) is 79.5 Å². The monoisotopic (exact) mass is 382 g/mol. The number of furan rings is 1. The van der Waals surface area contributed by atoms with Gasteiger partial charge in [-0.05, 0) is 43.5 Å². The quantitative estimate of drug-likeness (QED) is 0.378. The molecule has 0 radical (unpaired) electrons. The third kappa shape index (κ3) is 2.52. The molecule has 0 atom stereocenters. The SMILES string of the molecule is Cc1cccc(C)c1-n1nc(C)[n+](C)c1-c1c(C)ccc2c1oc1ccccc12. The van der Waals surface area contributed by atoms with Gasteiger partial charge in [0.05, 0.1) is 12.6 Å². The number of hydrogen-bond acceptors (Lipinski definition) is 2. The molecule has 4 nitrogen and oxygen atoms in total. The summed E-state index contributed by atoms with van der Waals surface area (Å²) in [4.78, 5) is 0. The van der Waals surface area contributed by atoms with E-state index in [4.69, 9.17) is 9.52 Å². The van der Waals surface area contributed by atoms with Crippen LogP contribution in [0.15, 0.2) is 59.0 Å². The fraction of sp³-hybridized carbons (Fsp3) is 0.200. The van der Waals surface area contributed by atoms with Crippen molar-refractivity contribution < 1.29 is 8.98 Å². The zero-order valence-corrected chi connectivity index (χ0v) is 17.4. The van der Waals surface area contributed by atoms with Crippen LogP contribution >= 0.6 is 0 Å². The Morgan fingerprint density at radius 1 is 0.793 bits per heavy atom. The van der Waals surface area contributed by atoms with Gasteiger partial charge in [-0.2, -0.15) is 0 Å². The summed E-state index contributed by atoms with van der Waals surface area (Å²) in [6.07, 6.45) is 0. The van der Waals surface area contributed by atoms with Gasteiger partial charge in [0.1, 0.15) is 16.9 Å². The summed E-state index contributed by atoms with van der Waals surface area (Å²) < 4.78 is 10.6. The van der Waals surface area contributed by atoms with Crippen LogP contribution in [0.3, 0.4) is 0 Å². The van der Waals surface area contributed by atoms with Crippen molar-refractivity contribution in [2.75, 3.05) is 0 Å². The third-order valence-corrected chi connectivity index (χ3v) is 5.88. The first-order valence-corrected chi connectivity index (χ1v) is 9.91. The Balaban J connectivity index is 1.93. The van der Waals surface area contributed by atoms with Gasteiger partial charge >= 0.3 is 0 Å². The molecule has 0 saturated carbocycles. The first-order chi connectivity index (χ1) is 14.0. The minimum absolute atomic E-state index is 0.909. The zero-order valence-electron chi connectivity index (χ0n) is 17.4. The van der Waals surface area contributed by atoms with E-state index in [0.29, 0.717) is 0 Å². The van der Waals surface area contributed by atoms with Gasteiger partial charge in [0.2, 0.25) is 0 Å². The van der Waals surface area contributed by atoms with Crippen LogP contribution in [0.1, 0.15) is 22.5 Å². The van der Waals surface area contributed by atoms with Gasteiger partial charge in [-0.15, -0.1) is 0 Å². The summed E-state index contributed by atoms with van der Waals surface area (Å²) in [5.41, 5.74) is 7.59. The maximum atomic E-state index is 6.38. The summed E-state index contributed by atoms with van der Waals surface area (Å²) in [7, 11) is 2.07. The lowest BCUT2D eigenvalue weighted by Crippen LogP contribution is -2.33. The van der Waals surface area contributed by atoms with E-state index in [9.17, 15) is 0 Å². The molecule has 5 aromatic rings. The molecular formula is C25H24N3O+. The Labute approximate surface area is 170 Å². The molecule has 0 N–H and O–H groups in total. The summed E-state index contributed by atoms with van der Waals surface area (Å²) in [6.45, 7) is 8.45. The molecular weight excluding hydrogens is 358 g/mol. The fourth-order valence-electron chi connectivity index (χ4n) is 4.29. The lowest BCUT2D eigenvalue weighted by atomic mass is 10.0. The van der Waals surface area contributed by atoms with E-state index in [1.165, 1.54) is 16.7 Å². The van der Waals surface area contributed by atoms with Crippen LogP contribution in [0.2, 0.25) is 0 Å². The number of hydrogen-bond donors (Lipinski definition) is 0. The van der Waals surface area contributed by atoms with Crippen molar-refractivity contribution in [3.63, 3.8) is 0 Å². The second-order valence-corrected chi connectivity index (χ2v) is 7.81. The lowest BCUT2D eigenvalue weighted by molar-refractivity contribution is -0.667. The molecule has 0 aliphatic rings. The number of para-hydroxylation sites is 2. The predicted molar refractivity (Wildman–Crippen MR) is 116 cm³/mol. The first-order valence-electron chi connectivity index (χ1n) is 9.91. The average molecular weight is 382 g/mol. The van der Waals surface area contributed by atoms with Crippen LogP contribution in [-0.2, 0) is 7.05 Å². The molecule has 0 bridgehead atoms. The van der Waals surface area contributed by atoms with Gasteiger partial charge in [-0.1, -0.05) is 53.2 Å². The van der Waals surface area contributed by atoms with Crippen LogP contribution in [0, 0.1) is 27.7 Å². The molecule has 144 valence electrons. The van der Waals surface area contributed by atoms with E-state index >= 15 is 0 Å². The number of benzene rings is 3. The maximum absolute atomic E-state index is 6.38. The Morgan fingerprint density at radius 3 is 2.28 bits per heavy atom. The normalized spacial score (nSPS) is 11.6. The Morgan fingerprint density at radius 2 is 1.52 bits per heavy atom. The van der Waals surface area contributed by atoms with E-state index < -0.39 is 0 Å². The van der Waals surface area contributed by atoms with Crippen molar-refractivity contribution >= 4 is 21.9 Å². The minimum Gasteiger partial charge on any atom is -0.455 e. The molecule has 5 rings (SSSR count). The fourth-order valence-corrected chi connectivity index (χ4v) is 4.29. The highest BCUT2D eigenvalue weighted by Crippen LogP contribution is 2.37. The maximum Gasteiger partial charge on any atom is 0.277 e. The van der Waals surface area contributed by atoms with Crippen LogP contribution in [0.25, 0.3) is 39.0 Å². The van der Waals surface area contributed by atoms with E-state index in [0.717, 1.165) is 44.8 Å². The molecule has 0 aliphatic heterocycles. The summed E-state index contributed by atoms with van der Waals surface area (Å²) in [5.74, 6) is 1.98. The molecule has 0 fully saturated rings. The van der Waals surface area contributed by atoms with E-state index in [1.807, 2.05) is 19.1 Å². The van der Waals surface area contributed by atoms with Crippen molar-refractivity contribution in [1.29, 1.82) is 0 Å². The topological polar surface area (TPSA) is 34.8 Å². The second-order valence-electron chi connectivity index (χ2n) is 7.81. The third-order valence-electron chi connectivity index (χ3n) is 5.88. The van der Waals surface area contributed by atoms with Crippen LogP contribution in [0.5, 0.6) is 0 Å². The Hall–Kier alpha value is -3.40. The molecule has 3 aromatic carbocycles. The largest absolute Gasteiger partial charge is 0.455 e. The summed E-state index contributed by atoms with van der Waals surface area (Å²) in [6, 6.07) is 18.9. The van der Waals surface area contributed by atoms with Crippen LogP contribution in [-0.4, -0.2) is 9.78 Å². The summed E-state index contributed by atoms with van der Waals surface area (Å²) >= 11 is 0. The number of nitrogens with zero attached hydrogens (tertiary/aromatic N) is 3. The highest BCUT2D eigenvalue weighted by atomic mass is 16.3. The van der Waals surface area contributed by atoms with Gasteiger partial charge in [0, 0.05) is 22.8 Å². The molecule has 0 aliphatic carbocycles. The van der Waals surface area contributed by atoms with Crippen molar-refractivity contribution in [3.8, 4) is 17.1 Å². The Bertz CT molecular complexity index is 1380. The zero-order chi connectivity index (χ0) is 20.3. The van der Waals surface area contributed by atoms with Gasteiger partial charge < -0.3 is 4.42 Å². The highest BCUT2D eigenvalue weighted by molar-refractivity contribution is 6.09. The standard InChI is InChI=1S/C25H24N3O/c1-15-13-14-20-19-11-6-7-12-21(19)29-24(20)22(15)25-27(5)18(4)26-28(25)23-16(2)9-8-10-17(23)3/h6-14H,1-5H3/q+1.